The van der Waals surface area contributed by atoms with E-state index in [4.69, 9.17) is 0 Å². The molecule has 0 aromatic carbocycles. The fourth-order valence-electron chi connectivity index (χ4n) is 3.08. The van der Waals surface area contributed by atoms with Gasteiger partial charge in [0.15, 0.2) is 0 Å². The zero-order chi connectivity index (χ0) is 12.4. The number of carbonyl (C=O) groups excluding carboxylic acids is 1. The maximum absolute atomic E-state index is 11.1. The Morgan fingerprint density at radius 3 is 2.12 bits per heavy atom. The zero-order valence-electron chi connectivity index (χ0n) is 11.3. The summed E-state index contributed by atoms with van der Waals surface area (Å²) < 4.78 is 0. The Kier molecular flexibility index (Phi) is 4.00. The molecule has 1 rings (SSSR count). The number of carbonyl (C=O) groups is 1. The number of hydrogen-bond donors (Lipinski definition) is 1. The molecule has 0 aromatic rings. The molecule has 0 saturated carbocycles. The highest BCUT2D eigenvalue weighted by atomic mass is 16.1. The number of nitrogens with zero attached hydrogens (tertiary/aromatic N) is 1. The number of nitrogens with one attached hydrogen (secondary N) is 1. The van der Waals surface area contributed by atoms with Crippen LogP contribution in [0.1, 0.15) is 53.9 Å². The lowest BCUT2D eigenvalue weighted by Gasteiger charge is -2.49. The van der Waals surface area contributed by atoms with Crippen molar-refractivity contribution in [3.05, 3.63) is 0 Å². The average molecular weight is 226 g/mol. The van der Waals surface area contributed by atoms with Gasteiger partial charge in [-0.25, -0.2) is 0 Å². The molecule has 0 aliphatic carbocycles. The first-order valence-corrected chi connectivity index (χ1v) is 6.30. The zero-order valence-corrected chi connectivity index (χ0v) is 11.3. The molecular weight excluding hydrogens is 200 g/mol. The van der Waals surface area contributed by atoms with E-state index in [1.807, 2.05) is 4.90 Å². The molecule has 0 atom stereocenters. The summed E-state index contributed by atoms with van der Waals surface area (Å²) in [4.78, 5) is 13.1. The summed E-state index contributed by atoms with van der Waals surface area (Å²) >= 11 is 0. The predicted molar refractivity (Wildman–Crippen MR) is 67.4 cm³/mol. The Labute approximate surface area is 99.6 Å². The Morgan fingerprint density at radius 1 is 1.25 bits per heavy atom. The molecule has 0 unspecified atom stereocenters. The highest BCUT2D eigenvalue weighted by molar-refractivity contribution is 5.48. The Morgan fingerprint density at radius 2 is 1.75 bits per heavy atom. The molecule has 0 spiro atoms. The van der Waals surface area contributed by atoms with Crippen LogP contribution in [0.2, 0.25) is 0 Å². The molecule has 0 aromatic heterocycles. The van der Waals surface area contributed by atoms with Crippen LogP contribution >= 0.6 is 0 Å². The average Bonchev–Trinajstić information content (AvgIpc) is 2.08. The topological polar surface area (TPSA) is 32.3 Å². The van der Waals surface area contributed by atoms with Gasteiger partial charge in [-0.2, -0.15) is 0 Å². The third-order valence-corrected chi connectivity index (χ3v) is 3.25. The number of rotatable bonds is 4. The van der Waals surface area contributed by atoms with Gasteiger partial charge in [0.05, 0.1) is 0 Å². The summed E-state index contributed by atoms with van der Waals surface area (Å²) in [5, 5.41) is 3.64. The second-order valence-corrected chi connectivity index (χ2v) is 6.30. The maximum atomic E-state index is 11.1. The van der Waals surface area contributed by atoms with Gasteiger partial charge >= 0.3 is 0 Å². The molecule has 1 fully saturated rings. The maximum Gasteiger partial charge on any atom is 0.209 e. The Balaban J connectivity index is 2.76. The molecule has 16 heavy (non-hydrogen) atoms. The molecule has 1 aliphatic rings. The van der Waals surface area contributed by atoms with Crippen molar-refractivity contribution < 1.29 is 4.79 Å². The lowest BCUT2D eigenvalue weighted by atomic mass is 9.79. The fraction of sp³-hybridized carbons (Fsp3) is 0.923. The number of amides is 1. The fourth-order valence-corrected chi connectivity index (χ4v) is 3.08. The first-order chi connectivity index (χ1) is 7.29. The third kappa shape index (κ3) is 3.48. The van der Waals surface area contributed by atoms with Crippen LogP contribution in [-0.2, 0) is 4.79 Å². The van der Waals surface area contributed by atoms with E-state index in [0.717, 1.165) is 32.2 Å². The van der Waals surface area contributed by atoms with Crippen LogP contribution in [0.25, 0.3) is 0 Å². The predicted octanol–water partition coefficient (Wildman–Crippen LogP) is 2.16. The van der Waals surface area contributed by atoms with E-state index in [-0.39, 0.29) is 11.1 Å². The first-order valence-electron chi connectivity index (χ1n) is 6.30. The molecule has 1 saturated heterocycles. The van der Waals surface area contributed by atoms with Gasteiger partial charge < -0.3 is 10.2 Å². The van der Waals surface area contributed by atoms with E-state index in [0.29, 0.717) is 6.04 Å². The van der Waals surface area contributed by atoms with Crippen molar-refractivity contribution in [2.75, 3.05) is 6.54 Å². The normalized spacial score (nSPS) is 24.1. The van der Waals surface area contributed by atoms with Crippen molar-refractivity contribution in [3.63, 3.8) is 0 Å². The van der Waals surface area contributed by atoms with Crippen molar-refractivity contribution in [2.24, 2.45) is 0 Å². The summed E-state index contributed by atoms with van der Waals surface area (Å²) in [6.45, 7) is 11.9. The van der Waals surface area contributed by atoms with Crippen LogP contribution < -0.4 is 5.32 Å². The molecule has 0 radical (unpaired) electrons. The largest absolute Gasteiger partial charge is 0.342 e. The smallest absolute Gasteiger partial charge is 0.209 e. The van der Waals surface area contributed by atoms with Crippen molar-refractivity contribution >= 4 is 6.41 Å². The van der Waals surface area contributed by atoms with Gasteiger partial charge in [0, 0.05) is 23.7 Å². The van der Waals surface area contributed by atoms with Gasteiger partial charge in [0.1, 0.15) is 0 Å². The van der Waals surface area contributed by atoms with E-state index >= 15 is 0 Å². The summed E-state index contributed by atoms with van der Waals surface area (Å²) in [6.07, 6.45) is 4.12. The minimum atomic E-state index is 0.113. The second-order valence-electron chi connectivity index (χ2n) is 6.30. The van der Waals surface area contributed by atoms with Crippen molar-refractivity contribution in [3.8, 4) is 0 Å². The SMILES string of the molecule is CCCN(C=O)C1CC(C)(C)NC(C)(C)C1. The molecule has 94 valence electrons. The second kappa shape index (κ2) is 4.74. The summed E-state index contributed by atoms with van der Waals surface area (Å²) in [6, 6.07) is 0.378. The van der Waals surface area contributed by atoms with Gasteiger partial charge in [0.2, 0.25) is 6.41 Å². The molecule has 1 amide bonds. The lowest BCUT2D eigenvalue weighted by molar-refractivity contribution is -0.121. The van der Waals surface area contributed by atoms with Gasteiger partial charge in [-0.1, -0.05) is 6.92 Å². The minimum absolute atomic E-state index is 0.113. The standard InChI is InChI=1S/C13H26N2O/c1-6-7-15(10-16)11-8-12(2,3)14-13(4,5)9-11/h10-11,14H,6-9H2,1-5H3. The molecule has 3 heteroatoms. The highest BCUT2D eigenvalue weighted by Gasteiger charge is 2.39. The Bertz CT molecular complexity index is 232. The van der Waals surface area contributed by atoms with Crippen molar-refractivity contribution in [2.45, 2.75) is 71.0 Å². The molecule has 1 heterocycles. The summed E-state index contributed by atoms with van der Waals surface area (Å²) in [5.41, 5.74) is 0.225. The monoisotopic (exact) mass is 226 g/mol. The summed E-state index contributed by atoms with van der Waals surface area (Å²) in [5.74, 6) is 0. The number of piperidine rings is 1. The van der Waals surface area contributed by atoms with Crippen LogP contribution in [0, 0.1) is 0 Å². The quantitative estimate of drug-likeness (QED) is 0.745. The number of hydrogen-bond acceptors (Lipinski definition) is 2. The molecular formula is C13H26N2O. The van der Waals surface area contributed by atoms with Gasteiger partial charge in [-0.15, -0.1) is 0 Å². The molecule has 1 aliphatic heterocycles. The van der Waals surface area contributed by atoms with E-state index in [1.54, 1.807) is 0 Å². The minimum Gasteiger partial charge on any atom is -0.342 e. The molecule has 1 N–H and O–H groups in total. The lowest BCUT2D eigenvalue weighted by Crippen LogP contribution is -2.62. The van der Waals surface area contributed by atoms with Crippen LogP contribution in [0.15, 0.2) is 0 Å². The molecule has 0 bridgehead atoms. The Hall–Kier alpha value is -0.570. The van der Waals surface area contributed by atoms with E-state index < -0.39 is 0 Å². The van der Waals surface area contributed by atoms with Gasteiger partial charge in [0.25, 0.3) is 0 Å². The first kappa shape index (κ1) is 13.5. The van der Waals surface area contributed by atoms with Crippen LogP contribution in [0.4, 0.5) is 0 Å². The van der Waals surface area contributed by atoms with Crippen LogP contribution in [-0.4, -0.2) is 35.0 Å². The van der Waals surface area contributed by atoms with Crippen LogP contribution in [0.5, 0.6) is 0 Å². The van der Waals surface area contributed by atoms with E-state index in [9.17, 15) is 4.79 Å². The third-order valence-electron chi connectivity index (χ3n) is 3.25. The van der Waals surface area contributed by atoms with E-state index in [1.165, 1.54) is 0 Å². The molecule has 3 nitrogen and oxygen atoms in total. The van der Waals surface area contributed by atoms with Crippen molar-refractivity contribution in [1.82, 2.24) is 10.2 Å². The van der Waals surface area contributed by atoms with Gasteiger partial charge in [-0.05, 0) is 47.0 Å². The van der Waals surface area contributed by atoms with E-state index in [2.05, 4.69) is 39.9 Å². The van der Waals surface area contributed by atoms with Crippen molar-refractivity contribution in [1.29, 1.82) is 0 Å². The van der Waals surface area contributed by atoms with Crippen LogP contribution in [0.3, 0.4) is 0 Å². The van der Waals surface area contributed by atoms with Gasteiger partial charge in [-0.3, -0.25) is 4.79 Å². The highest BCUT2D eigenvalue weighted by Crippen LogP contribution is 2.31. The summed E-state index contributed by atoms with van der Waals surface area (Å²) in [7, 11) is 0.